The molecule has 1 rings (SSSR count). The zero-order valence-electron chi connectivity index (χ0n) is 11.8. The molecule has 0 saturated heterocycles. The Bertz CT molecular complexity index is 394. The molecule has 0 N–H and O–H groups in total. The normalized spacial score (nSPS) is 12.3. The molecular formula is C15H22F2O2. The van der Waals surface area contributed by atoms with Gasteiger partial charge in [0, 0.05) is 0 Å². The first-order chi connectivity index (χ1) is 9.10. The highest BCUT2D eigenvalue weighted by atomic mass is 19.2. The van der Waals surface area contributed by atoms with Gasteiger partial charge in [0.2, 0.25) is 11.6 Å². The van der Waals surface area contributed by atoms with E-state index < -0.39 is 11.6 Å². The van der Waals surface area contributed by atoms with Gasteiger partial charge >= 0.3 is 0 Å². The molecule has 1 unspecified atom stereocenters. The number of benzene rings is 1. The van der Waals surface area contributed by atoms with Crippen molar-refractivity contribution < 1.29 is 18.3 Å². The summed E-state index contributed by atoms with van der Waals surface area (Å²) in [6.45, 7) is 6.85. The van der Waals surface area contributed by atoms with E-state index in [0.29, 0.717) is 19.1 Å². The highest BCUT2D eigenvalue weighted by Crippen LogP contribution is 2.28. The average Bonchev–Trinajstić information content (AvgIpc) is 2.42. The number of halogens is 2. The molecule has 0 spiro atoms. The van der Waals surface area contributed by atoms with E-state index in [4.69, 9.17) is 9.47 Å². The fourth-order valence-electron chi connectivity index (χ4n) is 1.52. The van der Waals surface area contributed by atoms with Crippen LogP contribution in [-0.4, -0.2) is 13.2 Å². The van der Waals surface area contributed by atoms with Gasteiger partial charge in [-0.25, -0.2) is 0 Å². The van der Waals surface area contributed by atoms with E-state index in [1.54, 1.807) is 0 Å². The minimum Gasteiger partial charge on any atom is -0.490 e. The molecule has 1 atom stereocenters. The van der Waals surface area contributed by atoms with Crippen LogP contribution < -0.4 is 9.47 Å². The molecule has 0 saturated carbocycles. The lowest BCUT2D eigenvalue weighted by atomic mass is 10.1. The first-order valence-corrected chi connectivity index (χ1v) is 6.83. The van der Waals surface area contributed by atoms with Crippen LogP contribution in [0.2, 0.25) is 0 Å². The lowest BCUT2D eigenvalue weighted by Gasteiger charge is -2.12. The van der Waals surface area contributed by atoms with E-state index in [0.717, 1.165) is 19.3 Å². The van der Waals surface area contributed by atoms with Crippen LogP contribution in [-0.2, 0) is 0 Å². The lowest BCUT2D eigenvalue weighted by molar-refractivity contribution is 0.258. The first-order valence-electron chi connectivity index (χ1n) is 6.83. The molecule has 0 aromatic heterocycles. The molecule has 19 heavy (non-hydrogen) atoms. The summed E-state index contributed by atoms with van der Waals surface area (Å²) in [5, 5.41) is 0. The molecule has 0 heterocycles. The summed E-state index contributed by atoms with van der Waals surface area (Å²) in [7, 11) is 0. The molecule has 4 heteroatoms. The predicted molar refractivity (Wildman–Crippen MR) is 71.7 cm³/mol. The van der Waals surface area contributed by atoms with Crippen molar-refractivity contribution in [1.29, 1.82) is 0 Å². The fraction of sp³-hybridized carbons (Fsp3) is 0.600. The Hall–Kier alpha value is -1.32. The van der Waals surface area contributed by atoms with Gasteiger partial charge in [-0.05, 0) is 30.9 Å². The molecule has 1 aromatic rings. The maximum absolute atomic E-state index is 13.7. The van der Waals surface area contributed by atoms with Crippen LogP contribution in [0.4, 0.5) is 8.78 Å². The maximum Gasteiger partial charge on any atom is 0.204 e. The zero-order valence-corrected chi connectivity index (χ0v) is 11.8. The Morgan fingerprint density at radius 3 is 2.00 bits per heavy atom. The highest BCUT2D eigenvalue weighted by molar-refractivity contribution is 5.35. The highest BCUT2D eigenvalue weighted by Gasteiger charge is 2.15. The van der Waals surface area contributed by atoms with Crippen LogP contribution in [0.15, 0.2) is 12.1 Å². The third kappa shape index (κ3) is 4.69. The van der Waals surface area contributed by atoms with Crippen molar-refractivity contribution in [3.05, 3.63) is 23.8 Å². The van der Waals surface area contributed by atoms with E-state index in [1.165, 1.54) is 12.1 Å². The summed E-state index contributed by atoms with van der Waals surface area (Å²) in [5.74, 6) is -1.55. The van der Waals surface area contributed by atoms with Gasteiger partial charge in [0.05, 0.1) is 13.2 Å². The monoisotopic (exact) mass is 272 g/mol. The van der Waals surface area contributed by atoms with Gasteiger partial charge in [0.15, 0.2) is 11.5 Å². The molecule has 1 aromatic carbocycles. The molecule has 0 aliphatic heterocycles. The largest absolute Gasteiger partial charge is 0.490 e. The second kappa shape index (κ2) is 7.97. The van der Waals surface area contributed by atoms with E-state index in [1.807, 2.05) is 6.92 Å². The van der Waals surface area contributed by atoms with Crippen LogP contribution >= 0.6 is 0 Å². The fourth-order valence-corrected chi connectivity index (χ4v) is 1.52. The van der Waals surface area contributed by atoms with Gasteiger partial charge < -0.3 is 9.47 Å². The van der Waals surface area contributed by atoms with Crippen LogP contribution in [0.25, 0.3) is 0 Å². The van der Waals surface area contributed by atoms with Gasteiger partial charge in [-0.3, -0.25) is 0 Å². The van der Waals surface area contributed by atoms with Gasteiger partial charge in [-0.2, -0.15) is 8.78 Å². The van der Waals surface area contributed by atoms with E-state index >= 15 is 0 Å². The molecule has 0 aliphatic carbocycles. The van der Waals surface area contributed by atoms with Crippen molar-refractivity contribution in [3.63, 3.8) is 0 Å². The van der Waals surface area contributed by atoms with Crippen molar-refractivity contribution in [2.75, 3.05) is 13.2 Å². The summed E-state index contributed by atoms with van der Waals surface area (Å²) in [4.78, 5) is 0. The summed E-state index contributed by atoms with van der Waals surface area (Å²) in [6, 6.07) is 2.83. The SMILES string of the molecule is CCCOc1ccc(OCCC(C)CC)c(F)c1F. The smallest absolute Gasteiger partial charge is 0.204 e. The van der Waals surface area contributed by atoms with Crippen LogP contribution in [0, 0.1) is 17.6 Å². The predicted octanol–water partition coefficient (Wildman–Crippen LogP) is 4.57. The number of hydrogen-bond acceptors (Lipinski definition) is 2. The topological polar surface area (TPSA) is 18.5 Å². The third-order valence-electron chi connectivity index (χ3n) is 3.04. The summed E-state index contributed by atoms with van der Waals surface area (Å²) >= 11 is 0. The van der Waals surface area contributed by atoms with Gasteiger partial charge in [-0.15, -0.1) is 0 Å². The lowest BCUT2D eigenvalue weighted by Crippen LogP contribution is -2.06. The summed E-state index contributed by atoms with van der Waals surface area (Å²) in [6.07, 6.45) is 2.61. The zero-order chi connectivity index (χ0) is 14.3. The first kappa shape index (κ1) is 15.7. The Balaban J connectivity index is 2.63. The van der Waals surface area contributed by atoms with Crippen molar-refractivity contribution in [1.82, 2.24) is 0 Å². The number of hydrogen-bond donors (Lipinski definition) is 0. The van der Waals surface area contributed by atoms with Crippen molar-refractivity contribution >= 4 is 0 Å². The summed E-state index contributed by atoms with van der Waals surface area (Å²) < 4.78 is 37.8. The van der Waals surface area contributed by atoms with Gasteiger partial charge in [0.1, 0.15) is 0 Å². The third-order valence-corrected chi connectivity index (χ3v) is 3.04. The molecule has 0 radical (unpaired) electrons. The van der Waals surface area contributed by atoms with Crippen molar-refractivity contribution in [2.24, 2.45) is 5.92 Å². The van der Waals surface area contributed by atoms with Crippen molar-refractivity contribution in [3.8, 4) is 11.5 Å². The standard InChI is InChI=1S/C15H22F2O2/c1-4-9-18-12-6-7-13(15(17)14(12)16)19-10-8-11(3)5-2/h6-7,11H,4-5,8-10H2,1-3H3. The number of ether oxygens (including phenoxy) is 2. The molecular weight excluding hydrogens is 250 g/mol. The second-order valence-electron chi connectivity index (χ2n) is 4.69. The van der Waals surface area contributed by atoms with Crippen LogP contribution in [0.5, 0.6) is 11.5 Å². The van der Waals surface area contributed by atoms with E-state index in [-0.39, 0.29) is 11.5 Å². The Morgan fingerprint density at radius 1 is 1.00 bits per heavy atom. The Kier molecular flexibility index (Phi) is 6.60. The molecule has 2 nitrogen and oxygen atoms in total. The average molecular weight is 272 g/mol. The minimum atomic E-state index is -0.977. The number of rotatable bonds is 8. The van der Waals surface area contributed by atoms with Gasteiger partial charge in [0.25, 0.3) is 0 Å². The Morgan fingerprint density at radius 2 is 1.53 bits per heavy atom. The van der Waals surface area contributed by atoms with Gasteiger partial charge in [-0.1, -0.05) is 27.2 Å². The minimum absolute atomic E-state index is 0.0512. The van der Waals surface area contributed by atoms with Crippen LogP contribution in [0.1, 0.15) is 40.0 Å². The maximum atomic E-state index is 13.7. The molecule has 0 bridgehead atoms. The summed E-state index contributed by atoms with van der Waals surface area (Å²) in [5.41, 5.74) is 0. The second-order valence-corrected chi connectivity index (χ2v) is 4.69. The van der Waals surface area contributed by atoms with E-state index in [9.17, 15) is 8.78 Å². The van der Waals surface area contributed by atoms with Crippen molar-refractivity contribution in [2.45, 2.75) is 40.0 Å². The molecule has 0 fully saturated rings. The molecule has 108 valence electrons. The Labute approximate surface area is 113 Å². The molecule has 0 aliphatic rings. The quantitative estimate of drug-likeness (QED) is 0.690. The van der Waals surface area contributed by atoms with E-state index in [2.05, 4.69) is 13.8 Å². The molecule has 0 amide bonds. The van der Waals surface area contributed by atoms with Crippen LogP contribution in [0.3, 0.4) is 0 Å².